The number of ether oxygens (including phenoxy) is 1. The zero-order valence-corrected chi connectivity index (χ0v) is 9.51. The van der Waals surface area contributed by atoms with Crippen LogP contribution in [-0.4, -0.2) is 17.7 Å². The molecule has 1 aliphatic rings. The van der Waals surface area contributed by atoms with Gasteiger partial charge >= 0.3 is 0 Å². The van der Waals surface area contributed by atoms with Crippen molar-refractivity contribution in [2.24, 2.45) is 5.92 Å². The van der Waals surface area contributed by atoms with Crippen LogP contribution in [0.1, 0.15) is 19.4 Å². The van der Waals surface area contributed by atoms with Crippen LogP contribution in [0.2, 0.25) is 0 Å². The molecule has 16 heavy (non-hydrogen) atoms. The largest absolute Gasteiger partial charge is 0.490 e. The third-order valence-corrected chi connectivity index (χ3v) is 2.68. The maximum atomic E-state index is 8.81. The highest BCUT2D eigenvalue weighted by molar-refractivity contribution is 5.43. The number of amides is 1. The quantitative estimate of drug-likeness (QED) is 0.433. The van der Waals surface area contributed by atoms with E-state index >= 15 is 0 Å². The van der Waals surface area contributed by atoms with E-state index in [0.717, 1.165) is 12.2 Å². The molecule has 2 unspecified atom stereocenters. The minimum Gasteiger partial charge on any atom is -0.490 e. The Kier molecular flexibility index (Phi) is 4.79. The predicted octanol–water partition coefficient (Wildman–Crippen LogP) is 1.77. The van der Waals surface area contributed by atoms with Gasteiger partial charge in [-0.3, -0.25) is 10.0 Å². The highest BCUT2D eigenvalue weighted by Crippen LogP contribution is 2.29. The van der Waals surface area contributed by atoms with Gasteiger partial charge in [-0.1, -0.05) is 25.1 Å². The van der Waals surface area contributed by atoms with E-state index in [1.54, 1.807) is 0 Å². The van der Waals surface area contributed by atoms with Gasteiger partial charge in [-0.25, -0.2) is 5.48 Å². The molecular formula is C12H17NO3. The van der Waals surface area contributed by atoms with Crippen molar-refractivity contribution < 1.29 is 14.7 Å². The zero-order chi connectivity index (χ0) is 12.0. The maximum absolute atomic E-state index is 8.81. The summed E-state index contributed by atoms with van der Waals surface area (Å²) in [6.07, 6.45) is 1.69. The van der Waals surface area contributed by atoms with Gasteiger partial charge in [-0.2, -0.15) is 0 Å². The zero-order valence-electron chi connectivity index (χ0n) is 9.51. The van der Waals surface area contributed by atoms with E-state index in [-0.39, 0.29) is 6.41 Å². The Labute approximate surface area is 95.2 Å². The molecule has 0 radical (unpaired) electrons. The summed E-state index contributed by atoms with van der Waals surface area (Å²) in [6, 6.07) is 8.31. The highest BCUT2D eigenvalue weighted by atomic mass is 16.5. The Morgan fingerprint density at radius 1 is 1.44 bits per heavy atom. The fraction of sp³-hybridized carbons (Fsp3) is 0.417. The lowest BCUT2D eigenvalue weighted by atomic mass is 9.93. The molecule has 1 aromatic rings. The number of benzene rings is 1. The predicted molar refractivity (Wildman–Crippen MR) is 60.4 cm³/mol. The van der Waals surface area contributed by atoms with Crippen molar-refractivity contribution in [1.29, 1.82) is 0 Å². The standard InChI is InChI=1S/C11H14O.CH3NO2/c1-8-7-10-5-3-4-6-11(10)12-9(8)2;3-1-2-4/h3-6,8-9H,7H2,1-2H3;1,4H,(H,2,3). The lowest BCUT2D eigenvalue weighted by Crippen LogP contribution is -2.27. The van der Waals surface area contributed by atoms with Crippen molar-refractivity contribution >= 4 is 6.41 Å². The average molecular weight is 223 g/mol. The maximum Gasteiger partial charge on any atom is 0.230 e. The number of para-hydroxylation sites is 1. The number of nitrogens with one attached hydrogen (secondary N) is 1. The molecule has 1 aliphatic heterocycles. The lowest BCUT2D eigenvalue weighted by molar-refractivity contribution is -0.116. The third-order valence-electron chi connectivity index (χ3n) is 2.68. The van der Waals surface area contributed by atoms with Crippen LogP contribution in [-0.2, 0) is 11.2 Å². The smallest absolute Gasteiger partial charge is 0.230 e. The Hall–Kier alpha value is -1.55. The molecular weight excluding hydrogens is 206 g/mol. The van der Waals surface area contributed by atoms with Crippen LogP contribution in [0.15, 0.2) is 24.3 Å². The molecule has 0 saturated heterocycles. The summed E-state index contributed by atoms with van der Waals surface area (Å²) >= 11 is 0. The summed E-state index contributed by atoms with van der Waals surface area (Å²) in [5.74, 6) is 1.71. The molecule has 2 rings (SSSR count). The van der Waals surface area contributed by atoms with Gasteiger partial charge in [0.2, 0.25) is 6.41 Å². The van der Waals surface area contributed by atoms with Gasteiger partial charge in [-0.05, 0) is 30.9 Å². The van der Waals surface area contributed by atoms with Gasteiger partial charge in [0.15, 0.2) is 0 Å². The third kappa shape index (κ3) is 3.24. The van der Waals surface area contributed by atoms with Gasteiger partial charge in [0.05, 0.1) is 6.10 Å². The molecule has 88 valence electrons. The van der Waals surface area contributed by atoms with Gasteiger partial charge in [0.1, 0.15) is 5.75 Å². The number of hydroxylamine groups is 1. The van der Waals surface area contributed by atoms with Crippen molar-refractivity contribution in [3.8, 4) is 5.75 Å². The number of fused-ring (bicyclic) bond motifs is 1. The van der Waals surface area contributed by atoms with Crippen LogP contribution in [0.3, 0.4) is 0 Å². The summed E-state index contributed by atoms with van der Waals surface area (Å²) in [5, 5.41) is 7.26. The molecule has 2 atom stereocenters. The van der Waals surface area contributed by atoms with E-state index in [0.29, 0.717) is 12.0 Å². The van der Waals surface area contributed by atoms with Gasteiger partial charge in [0, 0.05) is 0 Å². The molecule has 0 aliphatic carbocycles. The van der Waals surface area contributed by atoms with Crippen LogP contribution in [0.4, 0.5) is 0 Å². The summed E-state index contributed by atoms with van der Waals surface area (Å²) in [7, 11) is 0. The van der Waals surface area contributed by atoms with Crippen LogP contribution >= 0.6 is 0 Å². The Bertz CT molecular complexity index is 312. The second kappa shape index (κ2) is 6.12. The molecule has 1 amide bonds. The molecule has 1 aromatic carbocycles. The molecule has 2 N–H and O–H groups in total. The van der Waals surface area contributed by atoms with Gasteiger partial charge < -0.3 is 4.74 Å². The summed E-state index contributed by atoms with van der Waals surface area (Å²) in [5.41, 5.74) is 2.60. The van der Waals surface area contributed by atoms with Crippen LogP contribution in [0.25, 0.3) is 0 Å². The van der Waals surface area contributed by atoms with E-state index in [1.165, 1.54) is 11.0 Å². The van der Waals surface area contributed by atoms with E-state index in [2.05, 4.69) is 32.0 Å². The Balaban J connectivity index is 0.000000280. The van der Waals surface area contributed by atoms with Gasteiger partial charge in [-0.15, -0.1) is 0 Å². The fourth-order valence-electron chi connectivity index (χ4n) is 1.62. The van der Waals surface area contributed by atoms with Gasteiger partial charge in [0.25, 0.3) is 0 Å². The number of carbonyl (C=O) groups excluding carboxylic acids is 1. The van der Waals surface area contributed by atoms with Crippen LogP contribution < -0.4 is 10.2 Å². The number of rotatable bonds is 1. The topological polar surface area (TPSA) is 58.6 Å². The van der Waals surface area contributed by atoms with Crippen molar-refractivity contribution in [1.82, 2.24) is 5.48 Å². The monoisotopic (exact) mass is 223 g/mol. The minimum atomic E-state index is 0.181. The van der Waals surface area contributed by atoms with E-state index in [4.69, 9.17) is 14.7 Å². The molecule has 4 heteroatoms. The summed E-state index contributed by atoms with van der Waals surface area (Å²) in [6.45, 7) is 4.38. The first-order chi connectivity index (χ1) is 7.69. The van der Waals surface area contributed by atoms with Crippen molar-refractivity contribution in [2.45, 2.75) is 26.4 Å². The van der Waals surface area contributed by atoms with E-state index in [1.807, 2.05) is 6.07 Å². The first kappa shape index (κ1) is 12.5. The van der Waals surface area contributed by atoms with Crippen LogP contribution in [0, 0.1) is 5.92 Å². The minimum absolute atomic E-state index is 0.181. The Morgan fingerprint density at radius 2 is 2.06 bits per heavy atom. The summed E-state index contributed by atoms with van der Waals surface area (Å²) < 4.78 is 5.74. The normalized spacial score (nSPS) is 21.9. The second-order valence-corrected chi connectivity index (χ2v) is 3.86. The number of hydrogen-bond acceptors (Lipinski definition) is 3. The molecule has 1 heterocycles. The average Bonchev–Trinajstić information content (AvgIpc) is 2.31. The number of carbonyl (C=O) groups is 1. The van der Waals surface area contributed by atoms with E-state index in [9.17, 15) is 0 Å². The molecule has 4 nitrogen and oxygen atoms in total. The second-order valence-electron chi connectivity index (χ2n) is 3.86. The highest BCUT2D eigenvalue weighted by Gasteiger charge is 2.21. The summed E-state index contributed by atoms with van der Waals surface area (Å²) in [4.78, 5) is 8.81. The molecule has 0 spiro atoms. The van der Waals surface area contributed by atoms with Crippen molar-refractivity contribution in [2.75, 3.05) is 0 Å². The Morgan fingerprint density at radius 3 is 2.69 bits per heavy atom. The molecule has 0 saturated carbocycles. The van der Waals surface area contributed by atoms with Crippen molar-refractivity contribution in [3.05, 3.63) is 29.8 Å². The van der Waals surface area contributed by atoms with Crippen LogP contribution in [0.5, 0.6) is 5.75 Å². The molecule has 0 bridgehead atoms. The van der Waals surface area contributed by atoms with E-state index < -0.39 is 0 Å². The molecule has 0 fully saturated rings. The first-order valence-corrected chi connectivity index (χ1v) is 5.26. The lowest BCUT2D eigenvalue weighted by Gasteiger charge is -2.28. The number of hydrogen-bond donors (Lipinski definition) is 2. The van der Waals surface area contributed by atoms with Crippen molar-refractivity contribution in [3.63, 3.8) is 0 Å². The SMILES string of the molecule is CC1Cc2ccccc2OC1C.O=CNO. The first-order valence-electron chi connectivity index (χ1n) is 5.26. The fourth-order valence-corrected chi connectivity index (χ4v) is 1.62. The molecule has 0 aromatic heterocycles.